The standard InChI is InChI=1S/C8H2F6S/c1-2-4-3-5(7(9,10)11)15-6(4)8(12,13)14/h1,3H. The van der Waals surface area contributed by atoms with Crippen molar-refractivity contribution in [1.82, 2.24) is 0 Å². The summed E-state index contributed by atoms with van der Waals surface area (Å²) in [4.78, 5) is -2.74. The molecule has 0 fully saturated rings. The van der Waals surface area contributed by atoms with Crippen LogP contribution in [0.1, 0.15) is 15.3 Å². The summed E-state index contributed by atoms with van der Waals surface area (Å²) in [6, 6.07) is 0.327. The van der Waals surface area contributed by atoms with Crippen LogP contribution in [0.25, 0.3) is 0 Å². The topological polar surface area (TPSA) is 0 Å². The average molecular weight is 244 g/mol. The molecule has 0 nitrogen and oxygen atoms in total. The molecule has 0 aliphatic carbocycles. The molecule has 0 N–H and O–H groups in total. The molecule has 0 unspecified atom stereocenters. The third-order valence-corrected chi connectivity index (χ3v) is 2.65. The molecule has 0 aromatic carbocycles. The Bertz CT molecular complexity index is 402. The SMILES string of the molecule is C#Cc1cc(C(F)(F)F)sc1C(F)(F)F. The Morgan fingerprint density at radius 1 is 1.07 bits per heavy atom. The fourth-order valence-electron chi connectivity index (χ4n) is 0.849. The van der Waals surface area contributed by atoms with Crippen LogP contribution in [-0.4, -0.2) is 0 Å². The van der Waals surface area contributed by atoms with Crippen LogP contribution in [0.2, 0.25) is 0 Å². The van der Waals surface area contributed by atoms with E-state index >= 15 is 0 Å². The molecular formula is C8H2F6S. The second kappa shape index (κ2) is 3.45. The summed E-state index contributed by atoms with van der Waals surface area (Å²) in [5.74, 6) is 1.59. The lowest BCUT2D eigenvalue weighted by atomic mass is 10.2. The van der Waals surface area contributed by atoms with E-state index in [4.69, 9.17) is 6.42 Å². The second-order valence-electron chi connectivity index (χ2n) is 2.49. The first-order valence-corrected chi connectivity index (χ1v) is 4.22. The first-order chi connectivity index (χ1) is 6.66. The number of halogens is 6. The molecule has 0 spiro atoms. The van der Waals surface area contributed by atoms with Gasteiger partial charge in [0.15, 0.2) is 0 Å². The highest BCUT2D eigenvalue weighted by Crippen LogP contribution is 2.43. The van der Waals surface area contributed by atoms with Crippen molar-refractivity contribution in [3.8, 4) is 12.3 Å². The molecule has 0 aliphatic heterocycles. The van der Waals surface area contributed by atoms with Gasteiger partial charge in [-0.15, -0.1) is 17.8 Å². The van der Waals surface area contributed by atoms with E-state index in [1.165, 1.54) is 0 Å². The predicted octanol–water partition coefficient (Wildman–Crippen LogP) is 3.77. The number of alkyl halides is 6. The van der Waals surface area contributed by atoms with E-state index < -0.39 is 39.0 Å². The normalized spacial score (nSPS) is 12.6. The van der Waals surface area contributed by atoms with E-state index in [0.29, 0.717) is 6.07 Å². The fourth-order valence-corrected chi connectivity index (χ4v) is 1.70. The molecule has 1 rings (SSSR count). The third kappa shape index (κ3) is 2.45. The summed E-state index contributed by atoms with van der Waals surface area (Å²) >= 11 is -0.395. The Kier molecular flexibility index (Phi) is 2.74. The lowest BCUT2D eigenvalue weighted by molar-refractivity contribution is -0.135. The molecule has 0 amide bonds. The lowest BCUT2D eigenvalue weighted by Crippen LogP contribution is -2.03. The van der Waals surface area contributed by atoms with Crippen LogP contribution in [0.15, 0.2) is 6.07 Å². The Morgan fingerprint density at radius 3 is 1.87 bits per heavy atom. The van der Waals surface area contributed by atoms with Gasteiger partial charge in [0.2, 0.25) is 0 Å². The molecule has 0 atom stereocenters. The molecule has 0 saturated carbocycles. The summed E-state index contributed by atoms with van der Waals surface area (Å²) < 4.78 is 72.8. The van der Waals surface area contributed by atoms with E-state index in [2.05, 4.69) is 0 Å². The van der Waals surface area contributed by atoms with Crippen LogP contribution in [0, 0.1) is 12.3 Å². The zero-order valence-corrected chi connectivity index (χ0v) is 7.65. The summed E-state index contributed by atoms with van der Waals surface area (Å²) in [6.45, 7) is 0. The van der Waals surface area contributed by atoms with Gasteiger partial charge in [0, 0.05) is 5.56 Å². The van der Waals surface area contributed by atoms with Gasteiger partial charge in [-0.1, -0.05) is 5.92 Å². The third-order valence-electron chi connectivity index (χ3n) is 1.42. The van der Waals surface area contributed by atoms with E-state index in [1.54, 1.807) is 5.92 Å². The highest BCUT2D eigenvalue weighted by Gasteiger charge is 2.41. The van der Waals surface area contributed by atoms with Crippen LogP contribution in [0.3, 0.4) is 0 Å². The quantitative estimate of drug-likeness (QED) is 0.481. The van der Waals surface area contributed by atoms with E-state index in [-0.39, 0.29) is 0 Å². The fraction of sp³-hybridized carbons (Fsp3) is 0.250. The Morgan fingerprint density at radius 2 is 1.60 bits per heavy atom. The number of hydrogen-bond acceptors (Lipinski definition) is 1. The van der Waals surface area contributed by atoms with Gasteiger partial charge in [-0.25, -0.2) is 0 Å². The van der Waals surface area contributed by atoms with Crippen LogP contribution in [-0.2, 0) is 12.4 Å². The zero-order chi connectivity index (χ0) is 11.9. The highest BCUT2D eigenvalue weighted by atomic mass is 32.1. The van der Waals surface area contributed by atoms with Gasteiger partial charge >= 0.3 is 12.4 Å². The molecule has 0 aliphatic rings. The van der Waals surface area contributed by atoms with Gasteiger partial charge in [0.1, 0.15) is 9.75 Å². The summed E-state index contributed by atoms with van der Waals surface area (Å²) in [5.41, 5.74) is -0.778. The van der Waals surface area contributed by atoms with E-state index in [9.17, 15) is 26.3 Å². The Balaban J connectivity index is 3.32. The minimum atomic E-state index is -4.85. The summed E-state index contributed by atoms with van der Waals surface area (Å²) in [5, 5.41) is 0. The maximum Gasteiger partial charge on any atom is 0.426 e. The Labute approximate surface area is 84.5 Å². The maximum absolute atomic E-state index is 12.2. The van der Waals surface area contributed by atoms with Gasteiger partial charge in [0.05, 0.1) is 0 Å². The minimum Gasteiger partial charge on any atom is -0.165 e. The minimum absolute atomic E-state index is 0.327. The van der Waals surface area contributed by atoms with Crippen molar-refractivity contribution in [1.29, 1.82) is 0 Å². The number of hydrogen-bond donors (Lipinski definition) is 0. The molecule has 1 aromatic heterocycles. The van der Waals surface area contributed by atoms with Crippen LogP contribution in [0.4, 0.5) is 26.3 Å². The maximum atomic E-state index is 12.2. The van der Waals surface area contributed by atoms with Crippen molar-refractivity contribution in [2.45, 2.75) is 12.4 Å². The van der Waals surface area contributed by atoms with E-state index in [0.717, 1.165) is 0 Å². The molecule has 0 radical (unpaired) electrons. The highest BCUT2D eigenvalue weighted by molar-refractivity contribution is 7.12. The van der Waals surface area contributed by atoms with Crippen LogP contribution >= 0.6 is 11.3 Å². The van der Waals surface area contributed by atoms with Crippen molar-refractivity contribution in [2.24, 2.45) is 0 Å². The number of thiophene rings is 1. The Hall–Kier alpha value is -1.16. The van der Waals surface area contributed by atoms with Crippen molar-refractivity contribution in [3.05, 3.63) is 21.4 Å². The van der Waals surface area contributed by atoms with Crippen molar-refractivity contribution < 1.29 is 26.3 Å². The van der Waals surface area contributed by atoms with Gasteiger partial charge in [0.25, 0.3) is 0 Å². The second-order valence-corrected chi connectivity index (χ2v) is 3.55. The molecule has 7 heteroatoms. The number of rotatable bonds is 0. The lowest BCUT2D eigenvalue weighted by Gasteiger charge is -2.03. The average Bonchev–Trinajstić information content (AvgIpc) is 2.44. The first-order valence-electron chi connectivity index (χ1n) is 3.41. The van der Waals surface area contributed by atoms with Crippen LogP contribution < -0.4 is 0 Å². The predicted molar refractivity (Wildman–Crippen MR) is 42.3 cm³/mol. The molecular weight excluding hydrogens is 242 g/mol. The smallest absolute Gasteiger partial charge is 0.165 e. The van der Waals surface area contributed by atoms with Crippen molar-refractivity contribution >= 4 is 11.3 Å². The largest absolute Gasteiger partial charge is 0.426 e. The molecule has 0 saturated heterocycles. The van der Waals surface area contributed by atoms with Gasteiger partial charge in [-0.05, 0) is 6.07 Å². The van der Waals surface area contributed by atoms with Crippen molar-refractivity contribution in [2.75, 3.05) is 0 Å². The first kappa shape index (κ1) is 11.9. The molecule has 15 heavy (non-hydrogen) atoms. The molecule has 1 heterocycles. The number of terminal acetylenes is 1. The monoisotopic (exact) mass is 244 g/mol. The molecule has 0 bridgehead atoms. The zero-order valence-electron chi connectivity index (χ0n) is 6.83. The summed E-state index contributed by atoms with van der Waals surface area (Å²) in [6.07, 6.45) is -4.96. The molecule has 1 aromatic rings. The molecule has 82 valence electrons. The van der Waals surface area contributed by atoms with E-state index in [1.807, 2.05) is 0 Å². The summed E-state index contributed by atoms with van der Waals surface area (Å²) in [7, 11) is 0. The van der Waals surface area contributed by atoms with Crippen LogP contribution in [0.5, 0.6) is 0 Å². The van der Waals surface area contributed by atoms with Gasteiger partial charge in [-0.3, -0.25) is 0 Å². The van der Waals surface area contributed by atoms with Gasteiger partial charge in [-0.2, -0.15) is 26.3 Å². The van der Waals surface area contributed by atoms with Crippen molar-refractivity contribution in [3.63, 3.8) is 0 Å². The van der Waals surface area contributed by atoms with Gasteiger partial charge < -0.3 is 0 Å².